The molecule has 192 valence electrons. The number of aromatic nitrogens is 2. The van der Waals surface area contributed by atoms with Crippen LogP contribution in [0.5, 0.6) is 11.5 Å². The maximum Gasteiger partial charge on any atom is 0.266 e. The third-order valence-electron chi connectivity index (χ3n) is 6.17. The number of thiocarbonyl (C=S) groups is 1. The SMILES string of the molecule is CCOc1ccc(-c2nn(-c3ccccc3)cc2C=C2SC(=S)N(Cc3ccc(OC)cc3)C2=O)cc1C. The van der Waals surface area contributed by atoms with Gasteiger partial charge in [-0.25, -0.2) is 4.68 Å². The largest absolute Gasteiger partial charge is 0.497 e. The van der Waals surface area contributed by atoms with Crippen LogP contribution in [0.4, 0.5) is 0 Å². The van der Waals surface area contributed by atoms with Crippen molar-refractivity contribution in [3.63, 3.8) is 0 Å². The molecule has 1 amide bonds. The second kappa shape index (κ2) is 11.2. The lowest BCUT2D eigenvalue weighted by atomic mass is 10.0. The Morgan fingerprint density at radius 2 is 1.82 bits per heavy atom. The lowest BCUT2D eigenvalue weighted by molar-refractivity contribution is -0.122. The second-order valence-electron chi connectivity index (χ2n) is 8.74. The quantitative estimate of drug-likeness (QED) is 0.184. The number of nitrogens with zero attached hydrogens (tertiary/aromatic N) is 3. The van der Waals surface area contributed by atoms with Crippen LogP contribution in [0.25, 0.3) is 23.0 Å². The van der Waals surface area contributed by atoms with Gasteiger partial charge in [0.05, 0.1) is 30.9 Å². The minimum absolute atomic E-state index is 0.114. The average Bonchev–Trinajstić information content (AvgIpc) is 3.47. The molecule has 1 aliphatic rings. The van der Waals surface area contributed by atoms with Gasteiger partial charge in [0.25, 0.3) is 5.91 Å². The molecule has 0 unspecified atom stereocenters. The summed E-state index contributed by atoms with van der Waals surface area (Å²) >= 11 is 6.90. The van der Waals surface area contributed by atoms with Gasteiger partial charge in [-0.05, 0) is 73.5 Å². The Balaban J connectivity index is 1.50. The van der Waals surface area contributed by atoms with Crippen LogP contribution in [0.1, 0.15) is 23.6 Å². The van der Waals surface area contributed by atoms with Gasteiger partial charge in [0.15, 0.2) is 0 Å². The predicted molar refractivity (Wildman–Crippen MR) is 157 cm³/mol. The van der Waals surface area contributed by atoms with Crippen molar-refractivity contribution in [2.75, 3.05) is 13.7 Å². The Morgan fingerprint density at radius 1 is 1.05 bits per heavy atom. The lowest BCUT2D eigenvalue weighted by Crippen LogP contribution is -2.27. The van der Waals surface area contributed by atoms with E-state index in [0.29, 0.717) is 22.4 Å². The number of thioether (sulfide) groups is 1. The Labute approximate surface area is 231 Å². The van der Waals surface area contributed by atoms with Crippen LogP contribution in [0.2, 0.25) is 0 Å². The van der Waals surface area contributed by atoms with Crippen LogP contribution in [0, 0.1) is 6.92 Å². The molecule has 38 heavy (non-hydrogen) atoms. The Hall–Kier alpha value is -3.88. The molecule has 0 N–H and O–H groups in total. The number of aryl methyl sites for hydroxylation is 1. The first kappa shape index (κ1) is 25.8. The van der Waals surface area contributed by atoms with Crippen molar-refractivity contribution in [2.24, 2.45) is 0 Å². The van der Waals surface area contributed by atoms with Crippen LogP contribution in [-0.4, -0.2) is 38.6 Å². The highest BCUT2D eigenvalue weighted by atomic mass is 32.2. The molecule has 3 aromatic carbocycles. The van der Waals surface area contributed by atoms with Crippen LogP contribution in [0.15, 0.2) is 83.9 Å². The second-order valence-corrected chi connectivity index (χ2v) is 10.4. The molecule has 0 bridgehead atoms. The molecule has 0 spiro atoms. The van der Waals surface area contributed by atoms with Crippen molar-refractivity contribution < 1.29 is 14.3 Å². The molecule has 4 aromatic rings. The molecule has 1 aromatic heterocycles. The summed E-state index contributed by atoms with van der Waals surface area (Å²) in [6.07, 6.45) is 3.84. The maximum atomic E-state index is 13.4. The number of hydrogen-bond acceptors (Lipinski definition) is 6. The smallest absolute Gasteiger partial charge is 0.266 e. The van der Waals surface area contributed by atoms with E-state index in [2.05, 4.69) is 6.07 Å². The van der Waals surface area contributed by atoms with E-state index in [0.717, 1.165) is 45.1 Å². The van der Waals surface area contributed by atoms with E-state index in [1.54, 1.807) is 12.0 Å². The fraction of sp³-hybridized carbons (Fsp3) is 0.167. The topological polar surface area (TPSA) is 56.6 Å². The number of amides is 1. The molecule has 8 heteroatoms. The van der Waals surface area contributed by atoms with Crippen molar-refractivity contribution in [2.45, 2.75) is 20.4 Å². The number of rotatable bonds is 8. The minimum Gasteiger partial charge on any atom is -0.497 e. The molecule has 0 radical (unpaired) electrons. The van der Waals surface area contributed by atoms with E-state index in [1.807, 2.05) is 97.5 Å². The van der Waals surface area contributed by atoms with Crippen LogP contribution >= 0.6 is 24.0 Å². The normalized spacial score (nSPS) is 14.4. The zero-order valence-electron chi connectivity index (χ0n) is 21.4. The summed E-state index contributed by atoms with van der Waals surface area (Å²) in [5, 5.41) is 4.91. The van der Waals surface area contributed by atoms with Gasteiger partial charge in [0.1, 0.15) is 21.5 Å². The van der Waals surface area contributed by atoms with Gasteiger partial charge < -0.3 is 9.47 Å². The zero-order chi connectivity index (χ0) is 26.6. The number of carbonyl (C=O) groups excluding carboxylic acids is 1. The van der Waals surface area contributed by atoms with Gasteiger partial charge >= 0.3 is 0 Å². The van der Waals surface area contributed by atoms with E-state index in [-0.39, 0.29) is 5.91 Å². The fourth-order valence-electron chi connectivity index (χ4n) is 4.24. The van der Waals surface area contributed by atoms with Gasteiger partial charge in [-0.15, -0.1) is 0 Å². The first-order valence-corrected chi connectivity index (χ1v) is 13.5. The number of ether oxygens (including phenoxy) is 2. The first-order valence-electron chi connectivity index (χ1n) is 12.2. The Kier molecular flexibility index (Phi) is 7.62. The van der Waals surface area contributed by atoms with Crippen molar-refractivity contribution in [3.05, 3.63) is 101 Å². The summed E-state index contributed by atoms with van der Waals surface area (Å²) < 4.78 is 13.3. The summed E-state index contributed by atoms with van der Waals surface area (Å²) in [4.78, 5) is 15.6. The summed E-state index contributed by atoms with van der Waals surface area (Å²) in [5.41, 5.74) is 5.49. The number of benzene rings is 3. The van der Waals surface area contributed by atoms with Gasteiger partial charge in [-0.2, -0.15) is 5.10 Å². The highest BCUT2D eigenvalue weighted by Crippen LogP contribution is 2.36. The molecular formula is C30H27N3O3S2. The highest BCUT2D eigenvalue weighted by Gasteiger charge is 2.32. The predicted octanol–water partition coefficient (Wildman–Crippen LogP) is 6.66. The van der Waals surface area contributed by atoms with Crippen LogP contribution < -0.4 is 9.47 Å². The number of para-hydroxylation sites is 1. The van der Waals surface area contributed by atoms with Crippen molar-refractivity contribution >= 4 is 40.3 Å². The standard InChI is InChI=1S/C30H27N3O3S2/c1-4-36-26-15-12-22(16-20(26)2)28-23(19-33(31-28)24-8-6-5-7-9-24)17-27-29(34)32(30(37)38-27)18-21-10-13-25(35-3)14-11-21/h5-17,19H,4,18H2,1-3H3. The minimum atomic E-state index is -0.114. The average molecular weight is 542 g/mol. The third-order valence-corrected chi connectivity index (χ3v) is 7.55. The molecule has 0 saturated carbocycles. The lowest BCUT2D eigenvalue weighted by Gasteiger charge is -2.14. The van der Waals surface area contributed by atoms with Crippen molar-refractivity contribution in [1.29, 1.82) is 0 Å². The molecule has 1 fully saturated rings. The van der Waals surface area contributed by atoms with Gasteiger partial charge in [-0.3, -0.25) is 9.69 Å². The van der Waals surface area contributed by atoms with E-state index in [4.69, 9.17) is 26.8 Å². The summed E-state index contributed by atoms with van der Waals surface area (Å²) in [6.45, 7) is 5.00. The third kappa shape index (κ3) is 5.37. The van der Waals surface area contributed by atoms with Crippen molar-refractivity contribution in [3.8, 4) is 28.4 Å². The van der Waals surface area contributed by atoms with Gasteiger partial charge in [0, 0.05) is 17.3 Å². The molecule has 6 nitrogen and oxygen atoms in total. The number of hydrogen-bond donors (Lipinski definition) is 0. The number of methoxy groups -OCH3 is 1. The molecule has 0 atom stereocenters. The molecule has 5 rings (SSSR count). The summed E-state index contributed by atoms with van der Waals surface area (Å²) in [7, 11) is 1.63. The number of carbonyl (C=O) groups is 1. The Morgan fingerprint density at radius 3 is 2.50 bits per heavy atom. The molecule has 1 aliphatic heterocycles. The van der Waals surface area contributed by atoms with E-state index >= 15 is 0 Å². The van der Waals surface area contributed by atoms with Crippen LogP contribution in [-0.2, 0) is 11.3 Å². The molecule has 1 saturated heterocycles. The molecular weight excluding hydrogens is 514 g/mol. The van der Waals surface area contributed by atoms with Gasteiger partial charge in [-0.1, -0.05) is 54.3 Å². The molecule has 0 aliphatic carbocycles. The van der Waals surface area contributed by atoms with Gasteiger partial charge in [0.2, 0.25) is 0 Å². The summed E-state index contributed by atoms with van der Waals surface area (Å²) in [5.74, 6) is 1.50. The van der Waals surface area contributed by atoms with Crippen LogP contribution in [0.3, 0.4) is 0 Å². The Bertz CT molecular complexity index is 1510. The van der Waals surface area contributed by atoms with E-state index in [1.165, 1.54) is 11.8 Å². The monoisotopic (exact) mass is 541 g/mol. The fourth-order valence-corrected chi connectivity index (χ4v) is 5.48. The zero-order valence-corrected chi connectivity index (χ0v) is 23.0. The van der Waals surface area contributed by atoms with E-state index in [9.17, 15) is 4.79 Å². The summed E-state index contributed by atoms with van der Waals surface area (Å²) in [6, 6.07) is 23.6. The first-order chi connectivity index (χ1) is 18.5. The van der Waals surface area contributed by atoms with E-state index < -0.39 is 0 Å². The maximum absolute atomic E-state index is 13.4. The van der Waals surface area contributed by atoms with Crippen molar-refractivity contribution in [1.82, 2.24) is 14.7 Å². The highest BCUT2D eigenvalue weighted by molar-refractivity contribution is 8.26. The molecule has 2 heterocycles.